The number of nitrogens with zero attached hydrogens (tertiary/aromatic N) is 6. The van der Waals surface area contributed by atoms with Crippen LogP contribution in [0, 0.1) is 0 Å². The first kappa shape index (κ1) is 28.8. The maximum absolute atomic E-state index is 13.2. The van der Waals surface area contributed by atoms with Crippen molar-refractivity contribution in [3.8, 4) is 5.75 Å². The molecule has 1 aliphatic heterocycles. The Labute approximate surface area is 242 Å². The van der Waals surface area contributed by atoms with Crippen LogP contribution in [0.5, 0.6) is 5.75 Å². The van der Waals surface area contributed by atoms with Crippen molar-refractivity contribution in [1.29, 1.82) is 0 Å². The molecule has 0 bridgehead atoms. The van der Waals surface area contributed by atoms with E-state index in [1.807, 2.05) is 7.05 Å². The SMILES string of the molecule is CN1CCc2cc(OC(F)(F)F)c(Nc3ncc(Br)c(Nc4ccc5nccnc5c4N(C)S(C)(=O)=O)n3)cc2C1. The Morgan fingerprint density at radius 3 is 2.56 bits per heavy atom. The van der Waals surface area contributed by atoms with Gasteiger partial charge in [-0.3, -0.25) is 14.3 Å². The number of hydrogen-bond donors (Lipinski definition) is 2. The number of aromatic nitrogens is 4. The third kappa shape index (κ3) is 6.44. The van der Waals surface area contributed by atoms with Gasteiger partial charge in [-0.25, -0.2) is 13.4 Å². The fourth-order valence-corrected chi connectivity index (χ4v) is 5.21. The molecule has 0 unspecified atom stereocenters. The van der Waals surface area contributed by atoms with Gasteiger partial charge in [0.15, 0.2) is 5.75 Å². The lowest BCUT2D eigenvalue weighted by atomic mass is 9.99. The van der Waals surface area contributed by atoms with E-state index in [0.717, 1.165) is 21.7 Å². The Bertz CT molecular complexity index is 1740. The molecule has 0 radical (unpaired) electrons. The second kappa shape index (κ2) is 10.9. The summed E-state index contributed by atoms with van der Waals surface area (Å²) in [6, 6.07) is 6.29. The quantitative estimate of drug-likeness (QED) is 0.283. The number of ether oxygens (including phenoxy) is 1. The average molecular weight is 653 g/mol. The summed E-state index contributed by atoms with van der Waals surface area (Å²) in [7, 11) is -0.372. The summed E-state index contributed by atoms with van der Waals surface area (Å²) in [6.07, 6.45) is 1.11. The van der Waals surface area contributed by atoms with E-state index in [1.165, 1.54) is 31.7 Å². The molecule has 11 nitrogen and oxygen atoms in total. The van der Waals surface area contributed by atoms with Crippen molar-refractivity contribution in [3.05, 3.63) is 58.5 Å². The summed E-state index contributed by atoms with van der Waals surface area (Å²) in [4.78, 5) is 19.3. The van der Waals surface area contributed by atoms with E-state index in [9.17, 15) is 21.6 Å². The van der Waals surface area contributed by atoms with E-state index in [1.54, 1.807) is 18.2 Å². The Kier molecular flexibility index (Phi) is 7.65. The van der Waals surface area contributed by atoms with Gasteiger partial charge in [0.05, 0.1) is 27.6 Å². The molecular weight excluding hydrogens is 629 g/mol. The lowest BCUT2D eigenvalue weighted by Crippen LogP contribution is -2.27. The third-order valence-electron chi connectivity index (χ3n) is 6.40. The van der Waals surface area contributed by atoms with Crippen molar-refractivity contribution in [2.24, 2.45) is 0 Å². The van der Waals surface area contributed by atoms with Crippen molar-refractivity contribution >= 4 is 65.8 Å². The maximum atomic E-state index is 13.2. The van der Waals surface area contributed by atoms with Gasteiger partial charge < -0.3 is 20.3 Å². The zero-order valence-electron chi connectivity index (χ0n) is 22.0. The van der Waals surface area contributed by atoms with Gasteiger partial charge >= 0.3 is 6.36 Å². The number of hydrogen-bond acceptors (Lipinski definition) is 10. The first-order chi connectivity index (χ1) is 19.3. The Morgan fingerprint density at radius 1 is 1.07 bits per heavy atom. The zero-order valence-corrected chi connectivity index (χ0v) is 24.4. The first-order valence-electron chi connectivity index (χ1n) is 12.1. The van der Waals surface area contributed by atoms with E-state index >= 15 is 0 Å². The summed E-state index contributed by atoms with van der Waals surface area (Å²) in [6.45, 7) is 1.28. The van der Waals surface area contributed by atoms with Crippen molar-refractivity contribution in [2.75, 3.05) is 41.8 Å². The highest BCUT2D eigenvalue weighted by Gasteiger charge is 2.33. The molecule has 2 N–H and O–H groups in total. The largest absolute Gasteiger partial charge is 0.573 e. The van der Waals surface area contributed by atoms with Gasteiger partial charge in [0, 0.05) is 38.7 Å². The number of sulfonamides is 1. The molecule has 216 valence electrons. The minimum atomic E-state index is -4.90. The fraction of sp³-hybridized carbons (Fsp3) is 0.280. The van der Waals surface area contributed by atoms with E-state index < -0.39 is 22.1 Å². The molecule has 3 heterocycles. The Hall–Kier alpha value is -3.76. The molecule has 0 saturated heterocycles. The first-order valence-corrected chi connectivity index (χ1v) is 14.8. The molecule has 41 heavy (non-hydrogen) atoms. The van der Waals surface area contributed by atoms with Gasteiger partial charge in [0.2, 0.25) is 16.0 Å². The van der Waals surface area contributed by atoms with Crippen LogP contribution in [0.4, 0.5) is 42.0 Å². The summed E-state index contributed by atoms with van der Waals surface area (Å²) in [5.74, 6) is -0.206. The Morgan fingerprint density at radius 2 is 1.83 bits per heavy atom. The highest BCUT2D eigenvalue weighted by Crippen LogP contribution is 2.38. The van der Waals surface area contributed by atoms with Crippen LogP contribution in [0.1, 0.15) is 11.1 Å². The molecule has 4 aromatic rings. The predicted octanol–water partition coefficient (Wildman–Crippen LogP) is 4.95. The number of benzene rings is 2. The number of nitrogens with one attached hydrogen (secondary N) is 2. The van der Waals surface area contributed by atoms with Crippen LogP contribution in [0.2, 0.25) is 0 Å². The molecule has 1 aliphatic rings. The van der Waals surface area contributed by atoms with Crippen LogP contribution < -0.4 is 19.7 Å². The summed E-state index contributed by atoms with van der Waals surface area (Å²) in [5.41, 5.74) is 3.06. The van der Waals surface area contributed by atoms with Gasteiger partial charge in [-0.1, -0.05) is 0 Å². The summed E-state index contributed by atoms with van der Waals surface area (Å²) < 4.78 is 70.5. The zero-order chi connectivity index (χ0) is 29.5. The van der Waals surface area contributed by atoms with Crippen molar-refractivity contribution in [1.82, 2.24) is 24.8 Å². The van der Waals surface area contributed by atoms with Crippen LogP contribution in [-0.2, 0) is 23.0 Å². The van der Waals surface area contributed by atoms with Crippen LogP contribution in [0.15, 0.2) is 47.3 Å². The van der Waals surface area contributed by atoms with Crippen LogP contribution >= 0.6 is 15.9 Å². The number of halogens is 4. The highest BCUT2D eigenvalue weighted by atomic mass is 79.9. The van der Waals surface area contributed by atoms with E-state index in [-0.39, 0.29) is 23.1 Å². The standard InChI is InChI=1S/C25H24BrF3N8O3S/c1-36-9-6-14-11-20(40-25(27,28)29)19(10-15(14)13-36)34-24-32-12-16(26)23(35-24)33-18-5-4-17-21(31-8-7-30-17)22(18)37(2)41(3,38)39/h4-5,7-8,10-12H,6,9,13H2,1-3H3,(H2,32,33,34,35). The number of likely N-dealkylation sites (N-methyl/N-ethyl adjacent to an activating group) is 1. The molecule has 0 aliphatic carbocycles. The number of alkyl halides is 3. The third-order valence-corrected chi connectivity index (χ3v) is 8.16. The molecule has 2 aromatic heterocycles. The molecule has 0 amide bonds. The van der Waals surface area contributed by atoms with Crippen molar-refractivity contribution in [3.63, 3.8) is 0 Å². The molecule has 0 spiro atoms. The van der Waals surface area contributed by atoms with E-state index in [4.69, 9.17) is 0 Å². The normalized spacial score (nSPS) is 14.0. The van der Waals surface area contributed by atoms with Crippen LogP contribution in [-0.4, -0.2) is 66.5 Å². The van der Waals surface area contributed by atoms with Gasteiger partial charge in [0.1, 0.15) is 17.0 Å². The van der Waals surface area contributed by atoms with Gasteiger partial charge in [0.25, 0.3) is 0 Å². The minimum Gasteiger partial charge on any atom is -0.404 e. The summed E-state index contributed by atoms with van der Waals surface area (Å²) >= 11 is 3.38. The van der Waals surface area contributed by atoms with E-state index in [2.05, 4.69) is 56.1 Å². The molecule has 0 saturated carbocycles. The monoisotopic (exact) mass is 652 g/mol. The predicted molar refractivity (Wildman–Crippen MR) is 152 cm³/mol. The van der Waals surface area contributed by atoms with Crippen LogP contribution in [0.3, 0.4) is 0 Å². The molecule has 5 rings (SSSR count). The van der Waals surface area contributed by atoms with Gasteiger partial charge in [-0.15, -0.1) is 13.2 Å². The van der Waals surface area contributed by atoms with Crippen LogP contribution in [0.25, 0.3) is 11.0 Å². The summed E-state index contributed by atoms with van der Waals surface area (Å²) in [5, 5.41) is 5.94. The number of anilines is 5. The smallest absolute Gasteiger partial charge is 0.404 e. The molecule has 16 heteroatoms. The fourth-order valence-electron chi connectivity index (χ4n) is 4.41. The van der Waals surface area contributed by atoms with Gasteiger partial charge in [-0.05, 0) is 64.8 Å². The molecule has 0 fully saturated rings. The lowest BCUT2D eigenvalue weighted by molar-refractivity contribution is -0.274. The maximum Gasteiger partial charge on any atom is 0.573 e. The molecule has 0 atom stereocenters. The highest BCUT2D eigenvalue weighted by molar-refractivity contribution is 9.10. The van der Waals surface area contributed by atoms with Crippen molar-refractivity contribution in [2.45, 2.75) is 19.3 Å². The van der Waals surface area contributed by atoms with E-state index in [0.29, 0.717) is 40.7 Å². The van der Waals surface area contributed by atoms with Gasteiger partial charge in [-0.2, -0.15) is 4.98 Å². The second-order valence-electron chi connectivity index (χ2n) is 9.41. The lowest BCUT2D eigenvalue weighted by Gasteiger charge is -2.27. The Balaban J connectivity index is 1.53. The average Bonchev–Trinajstić information content (AvgIpc) is 2.89. The molecule has 2 aromatic carbocycles. The number of rotatable bonds is 7. The second-order valence-corrected chi connectivity index (χ2v) is 12.3. The van der Waals surface area contributed by atoms with Crippen molar-refractivity contribution < 1.29 is 26.3 Å². The number of fused-ring (bicyclic) bond motifs is 2. The minimum absolute atomic E-state index is 0.0227. The molecular formula is C25H24BrF3N8O3S. The topological polar surface area (TPSA) is 125 Å².